The van der Waals surface area contributed by atoms with Crippen LogP contribution in [-0.4, -0.2) is 34.4 Å². The molecule has 1 aliphatic carbocycles. The summed E-state index contributed by atoms with van der Waals surface area (Å²) in [6.07, 6.45) is 10.6. The summed E-state index contributed by atoms with van der Waals surface area (Å²) in [4.78, 5) is 9.64. The topological polar surface area (TPSA) is 52.0 Å². The van der Waals surface area contributed by atoms with E-state index >= 15 is 0 Å². The molecule has 5 rings (SSSR count). The van der Waals surface area contributed by atoms with Crippen molar-refractivity contribution in [3.63, 3.8) is 0 Å². The van der Waals surface area contributed by atoms with Crippen molar-refractivity contribution in [2.75, 3.05) is 13.7 Å². The van der Waals surface area contributed by atoms with Crippen LogP contribution in [0.25, 0.3) is 28.4 Å². The monoisotopic (exact) mass is 374 g/mol. The third kappa shape index (κ3) is 2.78. The van der Waals surface area contributed by atoms with Crippen LogP contribution in [0.3, 0.4) is 0 Å². The van der Waals surface area contributed by atoms with Gasteiger partial charge in [-0.05, 0) is 48.2 Å². The Hall–Kier alpha value is -3.41. The maximum Gasteiger partial charge on any atom is 0.159 e. The van der Waals surface area contributed by atoms with Crippen LogP contribution in [-0.2, 0) is 6.42 Å². The fourth-order valence-corrected chi connectivity index (χ4v) is 3.67. The first-order chi connectivity index (χ1) is 13.7. The molecule has 3 aromatic rings. The number of hydrogen-bond donors (Lipinski definition) is 1. The van der Waals surface area contributed by atoms with Crippen LogP contribution >= 0.6 is 0 Å². The van der Waals surface area contributed by atoms with Gasteiger partial charge in [-0.25, -0.2) is 14.4 Å². The molecule has 2 aliphatic rings. The van der Waals surface area contributed by atoms with Crippen LogP contribution in [0.4, 0.5) is 4.39 Å². The maximum absolute atomic E-state index is 14.1. The number of dihydropyridines is 1. The average molecular weight is 374 g/mol. The highest BCUT2D eigenvalue weighted by atomic mass is 19.1. The van der Waals surface area contributed by atoms with Crippen molar-refractivity contribution in [3.8, 4) is 11.6 Å². The molecule has 5 nitrogen and oxygen atoms in total. The van der Waals surface area contributed by atoms with E-state index in [1.54, 1.807) is 13.2 Å². The lowest BCUT2D eigenvalue weighted by Crippen LogP contribution is -2.16. The zero-order valence-corrected chi connectivity index (χ0v) is 15.4. The Morgan fingerprint density at radius 3 is 3.00 bits per heavy atom. The van der Waals surface area contributed by atoms with E-state index in [-0.39, 0.29) is 0 Å². The molecule has 0 radical (unpaired) electrons. The van der Waals surface area contributed by atoms with Crippen LogP contribution in [0.2, 0.25) is 0 Å². The molecule has 1 N–H and O–H groups in total. The average Bonchev–Trinajstić information content (AvgIpc) is 3.16. The number of nitrogens with zero attached hydrogens (tertiary/aromatic N) is 3. The van der Waals surface area contributed by atoms with E-state index in [1.807, 2.05) is 59.5 Å². The highest BCUT2D eigenvalue weighted by Gasteiger charge is 2.21. The van der Waals surface area contributed by atoms with Gasteiger partial charge in [-0.3, -0.25) is 0 Å². The van der Waals surface area contributed by atoms with Gasteiger partial charge < -0.3 is 14.6 Å². The minimum atomic E-state index is -0.987. The van der Waals surface area contributed by atoms with Crippen LogP contribution in [0.1, 0.15) is 17.1 Å². The first-order valence-corrected chi connectivity index (χ1v) is 9.21. The Balaban J connectivity index is 1.76. The van der Waals surface area contributed by atoms with E-state index in [4.69, 9.17) is 14.7 Å². The quantitative estimate of drug-likeness (QED) is 0.757. The van der Waals surface area contributed by atoms with Gasteiger partial charge in [0, 0.05) is 35.8 Å². The number of hydrogen-bond acceptors (Lipinski definition) is 4. The molecule has 28 heavy (non-hydrogen) atoms. The van der Waals surface area contributed by atoms with E-state index < -0.39 is 6.17 Å². The highest BCUT2D eigenvalue weighted by Crippen LogP contribution is 2.30. The third-order valence-electron chi connectivity index (χ3n) is 5.10. The second-order valence-corrected chi connectivity index (χ2v) is 6.85. The molecule has 0 amide bonds. The SMILES string of the molecule is COc1ccc2nc(C3=CC=CNC3)nc(-n3ccc4c3CC(F)C=C4)c2c1. The molecule has 1 atom stereocenters. The molecule has 3 heterocycles. The Morgan fingerprint density at radius 2 is 2.18 bits per heavy atom. The van der Waals surface area contributed by atoms with Gasteiger partial charge in [0.25, 0.3) is 0 Å². The number of halogens is 1. The summed E-state index contributed by atoms with van der Waals surface area (Å²) in [5, 5.41) is 4.06. The number of aromatic nitrogens is 3. The van der Waals surface area contributed by atoms with Gasteiger partial charge in [-0.2, -0.15) is 0 Å². The Bertz CT molecular complexity index is 1160. The summed E-state index contributed by atoms with van der Waals surface area (Å²) in [7, 11) is 1.64. The molecular formula is C22H19FN4O. The van der Waals surface area contributed by atoms with Gasteiger partial charge in [0.05, 0.1) is 12.6 Å². The largest absolute Gasteiger partial charge is 0.497 e. The predicted octanol–water partition coefficient (Wildman–Crippen LogP) is 3.84. The summed E-state index contributed by atoms with van der Waals surface area (Å²) in [5.74, 6) is 2.13. The fraction of sp³-hybridized carbons (Fsp3) is 0.182. The predicted molar refractivity (Wildman–Crippen MR) is 108 cm³/mol. The Labute approximate surface area is 161 Å². The lowest BCUT2D eigenvalue weighted by Gasteiger charge is -2.18. The van der Waals surface area contributed by atoms with Crippen molar-refractivity contribution < 1.29 is 9.13 Å². The van der Waals surface area contributed by atoms with E-state index in [1.165, 1.54) is 0 Å². The fourth-order valence-electron chi connectivity index (χ4n) is 3.67. The van der Waals surface area contributed by atoms with Crippen LogP contribution in [0.5, 0.6) is 5.75 Å². The molecule has 0 spiro atoms. The van der Waals surface area contributed by atoms with Gasteiger partial charge in [0.15, 0.2) is 5.82 Å². The molecule has 140 valence electrons. The second kappa shape index (κ2) is 6.64. The number of allylic oxidation sites excluding steroid dienone is 3. The van der Waals surface area contributed by atoms with Crippen molar-refractivity contribution in [2.45, 2.75) is 12.6 Å². The number of ether oxygens (including phenoxy) is 1. The molecule has 2 aromatic heterocycles. The van der Waals surface area contributed by atoms with E-state index in [2.05, 4.69) is 5.32 Å². The standard InChI is InChI=1S/C22H19FN4O/c1-28-17-6-7-19-18(12-17)22(26-21(25-19)15-3-2-9-24-13-15)27-10-8-14-4-5-16(23)11-20(14)27/h2-10,12,16,24H,11,13H2,1H3. The second-order valence-electron chi connectivity index (χ2n) is 6.85. The lowest BCUT2D eigenvalue weighted by molar-refractivity contribution is 0.392. The van der Waals surface area contributed by atoms with Crippen molar-refractivity contribution in [1.29, 1.82) is 0 Å². The van der Waals surface area contributed by atoms with Crippen LogP contribution in [0.15, 0.2) is 54.9 Å². The normalized spacial score (nSPS) is 17.9. The summed E-state index contributed by atoms with van der Waals surface area (Å²) in [6.45, 7) is 0.663. The molecule has 0 saturated carbocycles. The molecule has 0 fully saturated rings. The van der Waals surface area contributed by atoms with Gasteiger partial charge in [-0.15, -0.1) is 0 Å². The molecule has 0 bridgehead atoms. The number of benzene rings is 1. The van der Waals surface area contributed by atoms with E-state index in [0.29, 0.717) is 18.8 Å². The molecule has 1 aliphatic heterocycles. The van der Waals surface area contributed by atoms with Crippen molar-refractivity contribution in [2.24, 2.45) is 0 Å². The molecule has 1 unspecified atom stereocenters. The Kier molecular flexibility index (Phi) is 3.97. The van der Waals surface area contributed by atoms with Crippen molar-refractivity contribution in [1.82, 2.24) is 19.9 Å². The van der Waals surface area contributed by atoms with Crippen LogP contribution < -0.4 is 10.1 Å². The van der Waals surface area contributed by atoms with Gasteiger partial charge >= 0.3 is 0 Å². The lowest BCUT2D eigenvalue weighted by atomic mass is 10.0. The summed E-state index contributed by atoms with van der Waals surface area (Å²) < 4.78 is 21.4. The number of nitrogens with one attached hydrogen (secondary N) is 1. The zero-order valence-electron chi connectivity index (χ0n) is 15.4. The number of rotatable bonds is 3. The zero-order chi connectivity index (χ0) is 19.1. The molecule has 1 aromatic carbocycles. The first kappa shape index (κ1) is 16.7. The Morgan fingerprint density at radius 1 is 1.25 bits per heavy atom. The van der Waals surface area contributed by atoms with E-state index in [0.717, 1.165) is 39.3 Å². The van der Waals surface area contributed by atoms with Crippen molar-refractivity contribution >= 4 is 22.6 Å². The molecular weight excluding hydrogens is 355 g/mol. The van der Waals surface area contributed by atoms with Gasteiger partial charge in [0.1, 0.15) is 17.7 Å². The highest BCUT2D eigenvalue weighted by molar-refractivity contribution is 5.88. The van der Waals surface area contributed by atoms with Gasteiger partial charge in [-0.1, -0.05) is 12.2 Å². The first-order valence-electron chi connectivity index (χ1n) is 9.21. The van der Waals surface area contributed by atoms with Crippen molar-refractivity contribution in [3.05, 3.63) is 72.0 Å². The number of fused-ring (bicyclic) bond motifs is 2. The summed E-state index contributed by atoms with van der Waals surface area (Å²) in [5.41, 5.74) is 3.76. The molecule has 6 heteroatoms. The smallest absolute Gasteiger partial charge is 0.159 e. The molecule has 0 saturated heterocycles. The minimum absolute atomic E-state index is 0.330. The number of methoxy groups -OCH3 is 1. The van der Waals surface area contributed by atoms with Crippen LogP contribution in [0, 0.1) is 0 Å². The van der Waals surface area contributed by atoms with Gasteiger partial charge in [0.2, 0.25) is 0 Å². The van der Waals surface area contributed by atoms with E-state index in [9.17, 15) is 4.39 Å². The minimum Gasteiger partial charge on any atom is -0.497 e. The number of alkyl halides is 1. The summed E-state index contributed by atoms with van der Waals surface area (Å²) in [6, 6.07) is 7.75. The third-order valence-corrected chi connectivity index (χ3v) is 5.10. The maximum atomic E-state index is 14.1. The summed E-state index contributed by atoms with van der Waals surface area (Å²) >= 11 is 0.